The highest BCUT2D eigenvalue weighted by atomic mass is 19.1. The number of halogens is 2. The molecule has 8 rings (SSSR count). The number of pyridine rings is 1. The summed E-state index contributed by atoms with van der Waals surface area (Å²) >= 11 is 0. The van der Waals surface area contributed by atoms with Crippen LogP contribution in [0.4, 0.5) is 14.6 Å². The van der Waals surface area contributed by atoms with E-state index >= 15 is 4.39 Å². The zero-order valence-corrected chi connectivity index (χ0v) is 26.8. The summed E-state index contributed by atoms with van der Waals surface area (Å²) in [5, 5.41) is 15.4. The van der Waals surface area contributed by atoms with Gasteiger partial charge < -0.3 is 24.8 Å². The van der Waals surface area contributed by atoms with Crippen molar-refractivity contribution >= 4 is 27.5 Å². The van der Waals surface area contributed by atoms with E-state index in [0.29, 0.717) is 36.3 Å². The van der Waals surface area contributed by atoms with Crippen molar-refractivity contribution in [2.24, 2.45) is 5.41 Å². The molecule has 0 amide bonds. The lowest BCUT2D eigenvalue weighted by atomic mass is 9.95. The Balaban J connectivity index is 1.29. The van der Waals surface area contributed by atoms with E-state index in [9.17, 15) is 9.50 Å². The predicted octanol–water partition coefficient (Wildman–Crippen LogP) is 4.61. The number of ether oxygens (including phenoxy) is 2. The van der Waals surface area contributed by atoms with Crippen LogP contribution in [0.25, 0.3) is 32.9 Å². The molecule has 3 aliphatic heterocycles. The zero-order chi connectivity index (χ0) is 33.0. The Hall–Kier alpha value is -4.55. The van der Waals surface area contributed by atoms with Crippen molar-refractivity contribution in [3.63, 3.8) is 0 Å². The molecule has 2 bridgehead atoms. The van der Waals surface area contributed by atoms with Gasteiger partial charge in [-0.15, -0.1) is 6.42 Å². The maximum Gasteiger partial charge on any atom is 0.319 e. The largest absolute Gasteiger partial charge is 0.508 e. The third kappa shape index (κ3) is 5.56. The first-order chi connectivity index (χ1) is 23.3. The Morgan fingerprint density at radius 2 is 1.85 bits per heavy atom. The molecule has 2 atom stereocenters. The molecule has 48 heavy (non-hydrogen) atoms. The van der Waals surface area contributed by atoms with Gasteiger partial charge in [0.25, 0.3) is 0 Å². The lowest BCUT2D eigenvalue weighted by Crippen LogP contribution is -2.51. The van der Waals surface area contributed by atoms with Crippen LogP contribution < -0.4 is 15.0 Å². The third-order valence-corrected chi connectivity index (χ3v) is 10.1. The van der Waals surface area contributed by atoms with Gasteiger partial charge in [-0.05, 0) is 62.1 Å². The van der Waals surface area contributed by atoms with Crippen molar-refractivity contribution < 1.29 is 23.4 Å². The van der Waals surface area contributed by atoms with Crippen LogP contribution in [0.15, 0.2) is 24.3 Å². The number of benzene rings is 2. The highest BCUT2D eigenvalue weighted by Gasteiger charge is 2.45. The summed E-state index contributed by atoms with van der Waals surface area (Å²) in [7, 11) is 0. The molecule has 4 fully saturated rings. The number of terminal acetylenes is 1. The Bertz CT molecular complexity index is 2030. The average molecular weight is 651 g/mol. The molecule has 11 heteroatoms. The summed E-state index contributed by atoms with van der Waals surface area (Å²) in [6.45, 7) is 7.59. The van der Waals surface area contributed by atoms with Crippen LogP contribution in [0.3, 0.4) is 0 Å². The maximum atomic E-state index is 17.1. The molecule has 0 spiro atoms. The lowest BCUT2D eigenvalue weighted by molar-refractivity contribution is 0.0231. The second-order valence-electron chi connectivity index (χ2n) is 13.4. The summed E-state index contributed by atoms with van der Waals surface area (Å²) in [6.07, 6.45) is 9.91. The zero-order valence-electron chi connectivity index (χ0n) is 26.8. The number of phenolic OH excluding ortho intramolecular Hbond substituents is 1. The molecular formula is C37H36F2N6O3. The van der Waals surface area contributed by atoms with Crippen molar-refractivity contribution in [2.75, 3.05) is 57.4 Å². The number of hydrogen-bond acceptors (Lipinski definition) is 9. The highest BCUT2D eigenvalue weighted by Crippen LogP contribution is 2.47. The lowest BCUT2D eigenvalue weighted by Gasteiger charge is -2.34. The SMILES string of the molecule is C#Cc1c(F)ccc2cc(O)cc(-c3nc(C#CC)c4c(N5C[C@H]6CC[C@@H](C5)N6)nc(OCC5(CN6CCOCC6)CC5)nc4c3F)c12. The molecule has 2 aromatic carbocycles. The second-order valence-corrected chi connectivity index (χ2v) is 13.4. The fourth-order valence-corrected chi connectivity index (χ4v) is 7.51. The normalized spacial score (nSPS) is 21.6. The Kier molecular flexibility index (Phi) is 7.79. The number of anilines is 1. The Labute approximate surface area is 277 Å². The molecule has 4 aliphatic rings. The van der Waals surface area contributed by atoms with E-state index in [1.807, 2.05) is 0 Å². The van der Waals surface area contributed by atoms with Gasteiger partial charge in [0.15, 0.2) is 5.82 Å². The summed E-state index contributed by atoms with van der Waals surface area (Å²) < 4.78 is 44.0. The van der Waals surface area contributed by atoms with Crippen molar-refractivity contribution in [3.05, 3.63) is 47.2 Å². The van der Waals surface area contributed by atoms with E-state index < -0.39 is 11.6 Å². The first kappa shape index (κ1) is 30.8. The van der Waals surface area contributed by atoms with Gasteiger partial charge in [-0.1, -0.05) is 17.9 Å². The number of aromatic hydroxyl groups is 1. The number of hydrogen-bond donors (Lipinski definition) is 2. The molecule has 3 saturated heterocycles. The topological polar surface area (TPSA) is 95.9 Å². The number of nitrogens with zero attached hydrogens (tertiary/aromatic N) is 5. The summed E-state index contributed by atoms with van der Waals surface area (Å²) in [4.78, 5) is 18.9. The molecule has 246 valence electrons. The molecule has 1 saturated carbocycles. The van der Waals surface area contributed by atoms with Gasteiger partial charge in [-0.25, -0.2) is 13.8 Å². The van der Waals surface area contributed by atoms with Gasteiger partial charge in [0.2, 0.25) is 0 Å². The number of rotatable bonds is 7. The fourth-order valence-electron chi connectivity index (χ4n) is 7.51. The molecule has 4 aromatic rings. The van der Waals surface area contributed by atoms with Crippen molar-refractivity contribution in [1.29, 1.82) is 0 Å². The van der Waals surface area contributed by atoms with Crippen molar-refractivity contribution in [1.82, 2.24) is 25.2 Å². The van der Waals surface area contributed by atoms with E-state index in [2.05, 4.69) is 37.9 Å². The van der Waals surface area contributed by atoms with Crippen LogP contribution in [0.2, 0.25) is 0 Å². The van der Waals surface area contributed by atoms with Crippen molar-refractivity contribution in [2.45, 2.75) is 44.7 Å². The van der Waals surface area contributed by atoms with E-state index in [0.717, 1.165) is 58.5 Å². The molecule has 2 aromatic heterocycles. The van der Waals surface area contributed by atoms with Crippen LogP contribution in [0.5, 0.6) is 11.8 Å². The molecule has 9 nitrogen and oxygen atoms in total. The van der Waals surface area contributed by atoms with Crippen LogP contribution >= 0.6 is 0 Å². The van der Waals surface area contributed by atoms with Crippen LogP contribution in [-0.4, -0.2) is 89.6 Å². The van der Waals surface area contributed by atoms with E-state index in [4.69, 9.17) is 25.9 Å². The van der Waals surface area contributed by atoms with Crippen LogP contribution in [0, 0.1) is 41.2 Å². The number of nitrogens with one attached hydrogen (secondary N) is 1. The summed E-state index contributed by atoms with van der Waals surface area (Å²) in [5.74, 6) is 7.36. The van der Waals surface area contributed by atoms with E-state index in [1.54, 1.807) is 6.92 Å². The first-order valence-corrected chi connectivity index (χ1v) is 16.5. The van der Waals surface area contributed by atoms with Gasteiger partial charge in [0, 0.05) is 61.2 Å². The number of piperazine rings is 1. The van der Waals surface area contributed by atoms with Gasteiger partial charge in [-0.2, -0.15) is 9.97 Å². The number of aromatic nitrogens is 3. The number of fused-ring (bicyclic) bond motifs is 4. The third-order valence-electron chi connectivity index (χ3n) is 10.1. The minimum atomic E-state index is -0.758. The average Bonchev–Trinajstić information content (AvgIpc) is 3.78. The first-order valence-electron chi connectivity index (χ1n) is 16.5. The van der Waals surface area contributed by atoms with Gasteiger partial charge >= 0.3 is 6.01 Å². The second kappa shape index (κ2) is 12.2. The minimum absolute atomic E-state index is 0.00295. The maximum absolute atomic E-state index is 17.1. The monoisotopic (exact) mass is 650 g/mol. The van der Waals surface area contributed by atoms with Gasteiger partial charge in [-0.3, -0.25) is 4.90 Å². The van der Waals surface area contributed by atoms with E-state index in [1.165, 1.54) is 24.3 Å². The van der Waals surface area contributed by atoms with E-state index in [-0.39, 0.29) is 62.7 Å². The molecule has 1 aliphatic carbocycles. The smallest absolute Gasteiger partial charge is 0.319 e. The number of morpholine rings is 1. The summed E-state index contributed by atoms with van der Waals surface area (Å²) in [6, 6.07) is 6.19. The quantitative estimate of drug-likeness (QED) is 0.278. The molecular weight excluding hydrogens is 614 g/mol. The van der Waals surface area contributed by atoms with Crippen molar-refractivity contribution in [3.8, 4) is 47.2 Å². The standard InChI is InChI=1S/C37H36F2N6O3/c1-3-5-29-31-34(32(39)33(41-29)27-17-25(46)16-22-6-9-28(38)26(4-2)30(22)27)42-36(43-35(31)45-18-23-7-8-24(19-45)40-23)48-21-37(10-11-37)20-44-12-14-47-15-13-44/h2,6,9,16-17,23-24,40,46H,7-8,10-15,18-21H2,1H3/t23-,24+. The number of phenols is 1. The van der Waals surface area contributed by atoms with Crippen LogP contribution in [0.1, 0.15) is 43.9 Å². The Morgan fingerprint density at radius 1 is 1.08 bits per heavy atom. The molecule has 5 heterocycles. The minimum Gasteiger partial charge on any atom is -0.508 e. The Morgan fingerprint density at radius 3 is 2.56 bits per heavy atom. The molecule has 0 unspecified atom stereocenters. The van der Waals surface area contributed by atoms with Gasteiger partial charge in [0.1, 0.15) is 34.3 Å². The molecule has 0 radical (unpaired) electrons. The van der Waals surface area contributed by atoms with Crippen LogP contribution in [-0.2, 0) is 4.74 Å². The predicted molar refractivity (Wildman–Crippen MR) is 179 cm³/mol. The highest BCUT2D eigenvalue weighted by molar-refractivity contribution is 6.04. The summed E-state index contributed by atoms with van der Waals surface area (Å²) in [5.41, 5.74) is 0.201. The molecule has 2 N–H and O–H groups in total. The fraction of sp³-hybridized carbons (Fsp3) is 0.432. The van der Waals surface area contributed by atoms with Gasteiger partial charge in [0.05, 0.1) is 30.8 Å².